The van der Waals surface area contributed by atoms with Crippen molar-refractivity contribution < 1.29 is 28.7 Å². The molecule has 10 heteroatoms. The van der Waals surface area contributed by atoms with Gasteiger partial charge in [0.1, 0.15) is 17.2 Å². The van der Waals surface area contributed by atoms with Gasteiger partial charge in [-0.15, -0.1) is 11.3 Å². The van der Waals surface area contributed by atoms with E-state index in [1.807, 2.05) is 0 Å². The Hall–Kier alpha value is -3.82. The number of hydrogen-bond acceptors (Lipinski definition) is 7. The van der Waals surface area contributed by atoms with E-state index in [9.17, 15) is 24.0 Å². The summed E-state index contributed by atoms with van der Waals surface area (Å²) in [5.74, 6) is -2.97. The molecule has 0 spiro atoms. The Kier molecular flexibility index (Phi) is 6.56. The number of hydrazine groups is 1. The third-order valence-corrected chi connectivity index (χ3v) is 9.07. The number of imide groups is 1. The average molecular weight is 563 g/mol. The number of ketones is 1. The van der Waals surface area contributed by atoms with Crippen molar-refractivity contribution in [3.8, 4) is 5.75 Å². The fraction of sp³-hybridized carbons (Fsp3) is 0.276. The normalized spacial score (nSPS) is 23.2. The van der Waals surface area contributed by atoms with Gasteiger partial charge in [-0.05, 0) is 78.9 Å². The van der Waals surface area contributed by atoms with Crippen LogP contribution in [0.3, 0.4) is 0 Å². The lowest BCUT2D eigenvalue weighted by molar-refractivity contribution is -0.155. The van der Waals surface area contributed by atoms with E-state index in [-0.39, 0.29) is 33.7 Å². The molecule has 2 heterocycles. The average Bonchev–Trinajstić information content (AvgIpc) is 3.74. The number of thiophene rings is 1. The first-order chi connectivity index (χ1) is 18.8. The first-order valence-corrected chi connectivity index (χ1v) is 13.9. The van der Waals surface area contributed by atoms with Crippen molar-refractivity contribution in [2.24, 2.45) is 23.7 Å². The third kappa shape index (κ3) is 4.45. The topological polar surface area (TPSA) is 101 Å². The van der Waals surface area contributed by atoms with Crippen molar-refractivity contribution >= 4 is 52.4 Å². The van der Waals surface area contributed by atoms with E-state index in [1.54, 1.807) is 29.6 Å². The Balaban J connectivity index is 1.26. The predicted molar refractivity (Wildman–Crippen MR) is 142 cm³/mol. The molecule has 2 aromatic carbocycles. The quantitative estimate of drug-likeness (QED) is 0.176. The number of amides is 3. The summed E-state index contributed by atoms with van der Waals surface area (Å²) in [4.78, 5) is 66.8. The summed E-state index contributed by atoms with van der Waals surface area (Å²) in [6, 6.07) is 15.6. The zero-order valence-corrected chi connectivity index (χ0v) is 22.2. The van der Waals surface area contributed by atoms with Gasteiger partial charge in [0.25, 0.3) is 17.7 Å². The molecule has 2 saturated carbocycles. The van der Waals surface area contributed by atoms with Crippen molar-refractivity contribution in [2.75, 3.05) is 6.54 Å². The zero-order valence-electron chi connectivity index (χ0n) is 20.6. The van der Waals surface area contributed by atoms with Gasteiger partial charge in [-0.25, -0.2) is 9.80 Å². The minimum atomic E-state index is -0.704. The van der Waals surface area contributed by atoms with Crippen LogP contribution in [0.5, 0.6) is 5.75 Å². The summed E-state index contributed by atoms with van der Waals surface area (Å²) < 4.78 is 5.35. The van der Waals surface area contributed by atoms with Gasteiger partial charge in [-0.1, -0.05) is 29.8 Å². The number of carbonyl (C=O) groups excluding carboxylic acids is 5. The summed E-state index contributed by atoms with van der Waals surface area (Å²) in [5, 5.41) is 3.75. The molecule has 0 unspecified atom stereocenters. The van der Waals surface area contributed by atoms with E-state index < -0.39 is 47.9 Å². The van der Waals surface area contributed by atoms with Gasteiger partial charge in [0.05, 0.1) is 22.4 Å². The first kappa shape index (κ1) is 25.5. The van der Waals surface area contributed by atoms with E-state index in [1.165, 1.54) is 47.7 Å². The molecule has 1 aromatic heterocycles. The molecule has 8 nitrogen and oxygen atoms in total. The van der Waals surface area contributed by atoms with Crippen molar-refractivity contribution in [3.05, 3.63) is 87.1 Å². The lowest BCUT2D eigenvalue weighted by Crippen LogP contribution is -2.52. The Morgan fingerprint density at radius 3 is 2.21 bits per heavy atom. The van der Waals surface area contributed by atoms with Crippen molar-refractivity contribution in [2.45, 2.75) is 19.3 Å². The second kappa shape index (κ2) is 10.1. The predicted octanol–water partition coefficient (Wildman–Crippen LogP) is 4.89. The molecule has 2 bridgehead atoms. The Morgan fingerprint density at radius 2 is 1.59 bits per heavy atom. The molecular formula is C29H23ClN2O6S. The standard InChI is InChI=1S/C29H23ClN2O6S/c30-21-5-2-1-4-20(21)26(34)31(32-27(35)24-17-7-8-18(14-17)25(24)28(32)36)15-22(33)16-9-11-19(12-10-16)38-29(37)23-6-3-13-39-23/h1-6,9-13,17-18,24-25H,7-8,14-15H2/t17-,18-,24-,25+/m0/s1. The van der Waals surface area contributed by atoms with Gasteiger partial charge in [-0.3, -0.25) is 19.2 Å². The highest BCUT2D eigenvalue weighted by Gasteiger charge is 2.62. The molecule has 3 aliphatic rings. The number of esters is 1. The Labute approximate surface area is 233 Å². The minimum Gasteiger partial charge on any atom is -0.422 e. The molecule has 39 heavy (non-hydrogen) atoms. The molecule has 3 aromatic rings. The summed E-state index contributed by atoms with van der Waals surface area (Å²) in [6.07, 6.45) is 2.63. The van der Waals surface area contributed by atoms with Crippen LogP contribution < -0.4 is 4.74 Å². The fourth-order valence-electron chi connectivity index (χ4n) is 6.13. The molecule has 2 aliphatic carbocycles. The van der Waals surface area contributed by atoms with E-state index in [2.05, 4.69) is 0 Å². The summed E-state index contributed by atoms with van der Waals surface area (Å²) in [5.41, 5.74) is 0.311. The van der Waals surface area contributed by atoms with Crippen molar-refractivity contribution in [3.63, 3.8) is 0 Å². The molecule has 1 aliphatic heterocycles. The number of benzene rings is 2. The monoisotopic (exact) mass is 562 g/mol. The Bertz CT molecular complexity index is 1460. The van der Waals surface area contributed by atoms with Gasteiger partial charge in [0.2, 0.25) is 0 Å². The van der Waals surface area contributed by atoms with Crippen LogP contribution >= 0.6 is 22.9 Å². The van der Waals surface area contributed by atoms with Crippen LogP contribution in [0.25, 0.3) is 0 Å². The second-order valence-corrected chi connectivity index (χ2v) is 11.4. The largest absolute Gasteiger partial charge is 0.422 e. The first-order valence-electron chi connectivity index (χ1n) is 12.7. The molecular weight excluding hydrogens is 540 g/mol. The van der Waals surface area contributed by atoms with Crippen LogP contribution in [-0.4, -0.2) is 46.0 Å². The highest BCUT2D eigenvalue weighted by Crippen LogP contribution is 2.56. The van der Waals surface area contributed by atoms with Crippen LogP contribution in [0.2, 0.25) is 5.02 Å². The van der Waals surface area contributed by atoms with Gasteiger partial charge in [0.15, 0.2) is 5.78 Å². The number of ether oxygens (including phenoxy) is 1. The number of hydrogen-bond donors (Lipinski definition) is 0. The summed E-state index contributed by atoms with van der Waals surface area (Å²) in [6.45, 7) is -0.537. The van der Waals surface area contributed by atoms with E-state index in [4.69, 9.17) is 16.3 Å². The maximum absolute atomic E-state index is 13.7. The number of carbonyl (C=O) groups is 5. The van der Waals surface area contributed by atoms with Crippen LogP contribution in [0.1, 0.15) is 49.7 Å². The van der Waals surface area contributed by atoms with E-state index in [0.29, 0.717) is 4.88 Å². The third-order valence-electron chi connectivity index (χ3n) is 7.89. The highest BCUT2D eigenvalue weighted by atomic mass is 35.5. The molecule has 3 fully saturated rings. The van der Waals surface area contributed by atoms with E-state index >= 15 is 0 Å². The number of Topliss-reactive ketones (excluding diaryl/α,β-unsaturated/α-hetero) is 1. The van der Waals surface area contributed by atoms with Crippen molar-refractivity contribution in [1.29, 1.82) is 0 Å². The SMILES string of the molecule is O=C(CN(C(=O)c1ccccc1Cl)N1C(=O)[C@@H]2[C@H]3CC[C@@H](C3)[C@@H]2C1=O)c1ccc(OC(=O)c2cccs2)cc1. The molecule has 0 N–H and O–H groups in total. The lowest BCUT2D eigenvalue weighted by Gasteiger charge is -2.31. The number of nitrogens with zero attached hydrogens (tertiary/aromatic N) is 2. The molecule has 4 atom stereocenters. The molecule has 6 rings (SSSR count). The minimum absolute atomic E-state index is 0.0865. The van der Waals surface area contributed by atoms with E-state index in [0.717, 1.165) is 29.3 Å². The van der Waals surface area contributed by atoms with Gasteiger partial charge >= 0.3 is 5.97 Å². The smallest absolute Gasteiger partial charge is 0.353 e. The van der Waals surface area contributed by atoms with Crippen molar-refractivity contribution in [1.82, 2.24) is 10.0 Å². The summed E-state index contributed by atoms with van der Waals surface area (Å²) in [7, 11) is 0. The fourth-order valence-corrected chi connectivity index (χ4v) is 6.94. The number of halogens is 1. The maximum atomic E-state index is 13.7. The van der Waals surface area contributed by atoms with Crippen LogP contribution in [-0.2, 0) is 9.59 Å². The molecule has 3 amide bonds. The number of rotatable bonds is 7. The van der Waals surface area contributed by atoms with Crippen LogP contribution in [0, 0.1) is 23.7 Å². The molecule has 198 valence electrons. The van der Waals surface area contributed by atoms with Gasteiger partial charge < -0.3 is 4.74 Å². The molecule has 0 radical (unpaired) electrons. The molecule has 1 saturated heterocycles. The van der Waals surface area contributed by atoms with Gasteiger partial charge in [-0.2, -0.15) is 5.01 Å². The van der Waals surface area contributed by atoms with Crippen LogP contribution in [0.4, 0.5) is 0 Å². The second-order valence-electron chi connectivity index (χ2n) is 10.0. The zero-order chi connectivity index (χ0) is 27.3. The Morgan fingerprint density at radius 1 is 0.923 bits per heavy atom. The maximum Gasteiger partial charge on any atom is 0.353 e. The lowest BCUT2D eigenvalue weighted by atomic mass is 9.81. The number of fused-ring (bicyclic) bond motifs is 5. The van der Waals surface area contributed by atoms with Gasteiger partial charge in [0, 0.05) is 5.56 Å². The summed E-state index contributed by atoms with van der Waals surface area (Å²) >= 11 is 7.54. The van der Waals surface area contributed by atoms with Crippen LogP contribution in [0.15, 0.2) is 66.0 Å². The highest BCUT2D eigenvalue weighted by molar-refractivity contribution is 7.12.